The van der Waals surface area contributed by atoms with Crippen LogP contribution in [0.5, 0.6) is 0 Å². The van der Waals surface area contributed by atoms with E-state index in [4.69, 9.17) is 0 Å². The van der Waals surface area contributed by atoms with Crippen molar-refractivity contribution in [3.8, 4) is 0 Å². The van der Waals surface area contributed by atoms with Crippen molar-refractivity contribution in [2.24, 2.45) is 5.92 Å². The third kappa shape index (κ3) is 7.38. The van der Waals surface area contributed by atoms with Crippen molar-refractivity contribution in [1.29, 1.82) is 0 Å². The molecule has 0 unspecified atom stereocenters. The molecule has 0 aromatic rings. The number of nitrogens with one attached hydrogen (secondary N) is 1. The van der Waals surface area contributed by atoms with Gasteiger partial charge in [0.05, 0.1) is 0 Å². The maximum atomic E-state index is 3.49. The SMILES string of the molecule is CCCC1CCN(CCCCCNC(C)C)CC1. The summed E-state index contributed by atoms with van der Waals surface area (Å²) in [5.41, 5.74) is 0. The maximum absolute atomic E-state index is 3.49. The van der Waals surface area contributed by atoms with Gasteiger partial charge < -0.3 is 10.2 Å². The van der Waals surface area contributed by atoms with Crippen molar-refractivity contribution < 1.29 is 0 Å². The molecule has 0 aliphatic carbocycles. The van der Waals surface area contributed by atoms with Crippen LogP contribution in [-0.4, -0.2) is 37.1 Å². The molecule has 2 nitrogen and oxygen atoms in total. The number of rotatable bonds is 9. The first kappa shape index (κ1) is 16.0. The zero-order valence-corrected chi connectivity index (χ0v) is 12.9. The van der Waals surface area contributed by atoms with Crippen LogP contribution < -0.4 is 5.32 Å². The lowest BCUT2D eigenvalue weighted by atomic mass is 9.92. The second kappa shape index (κ2) is 9.80. The third-order valence-electron chi connectivity index (χ3n) is 4.11. The van der Waals surface area contributed by atoms with Gasteiger partial charge >= 0.3 is 0 Å². The standard InChI is InChI=1S/C16H34N2/c1-4-8-16-9-13-18(14-10-16)12-7-5-6-11-17-15(2)3/h15-17H,4-14H2,1-3H3. The zero-order chi connectivity index (χ0) is 13.2. The van der Waals surface area contributed by atoms with Crippen LogP contribution in [0.1, 0.15) is 65.7 Å². The first-order valence-corrected chi connectivity index (χ1v) is 8.18. The van der Waals surface area contributed by atoms with Crippen molar-refractivity contribution in [2.45, 2.75) is 71.8 Å². The summed E-state index contributed by atoms with van der Waals surface area (Å²) in [5, 5.41) is 3.49. The predicted molar refractivity (Wildman–Crippen MR) is 81.1 cm³/mol. The maximum Gasteiger partial charge on any atom is 0.00103 e. The molecule has 2 heteroatoms. The van der Waals surface area contributed by atoms with Crippen molar-refractivity contribution in [2.75, 3.05) is 26.2 Å². The average molecular weight is 254 g/mol. The lowest BCUT2D eigenvalue weighted by Gasteiger charge is -2.31. The summed E-state index contributed by atoms with van der Waals surface area (Å²) < 4.78 is 0. The second-order valence-electron chi connectivity index (χ2n) is 6.24. The number of hydrogen-bond acceptors (Lipinski definition) is 2. The Bertz CT molecular complexity index is 184. The molecule has 1 N–H and O–H groups in total. The van der Waals surface area contributed by atoms with Crippen LogP contribution in [0, 0.1) is 5.92 Å². The van der Waals surface area contributed by atoms with Gasteiger partial charge in [0.2, 0.25) is 0 Å². The van der Waals surface area contributed by atoms with Gasteiger partial charge in [-0.2, -0.15) is 0 Å². The number of unbranched alkanes of at least 4 members (excludes halogenated alkanes) is 2. The molecule has 1 aliphatic rings. The van der Waals surface area contributed by atoms with Gasteiger partial charge in [-0.15, -0.1) is 0 Å². The Morgan fingerprint density at radius 1 is 1.11 bits per heavy atom. The van der Waals surface area contributed by atoms with E-state index in [-0.39, 0.29) is 0 Å². The molecule has 1 aliphatic heterocycles. The minimum Gasteiger partial charge on any atom is -0.315 e. The fourth-order valence-corrected chi connectivity index (χ4v) is 2.93. The predicted octanol–water partition coefficient (Wildman–Crippen LogP) is 3.67. The summed E-state index contributed by atoms with van der Waals surface area (Å²) in [6, 6.07) is 0.641. The first-order valence-electron chi connectivity index (χ1n) is 8.18. The van der Waals surface area contributed by atoms with Gasteiger partial charge in [-0.05, 0) is 57.8 Å². The molecule has 1 heterocycles. The molecule has 0 bridgehead atoms. The molecule has 0 saturated carbocycles. The first-order chi connectivity index (χ1) is 8.72. The highest BCUT2D eigenvalue weighted by Crippen LogP contribution is 2.21. The summed E-state index contributed by atoms with van der Waals surface area (Å²) >= 11 is 0. The largest absolute Gasteiger partial charge is 0.315 e. The van der Waals surface area contributed by atoms with Crippen LogP contribution in [0.3, 0.4) is 0 Å². The smallest absolute Gasteiger partial charge is 0.00103 e. The summed E-state index contributed by atoms with van der Waals surface area (Å²) in [7, 11) is 0. The normalized spacial score (nSPS) is 18.7. The molecule has 1 fully saturated rings. The molecule has 0 amide bonds. The van der Waals surface area contributed by atoms with Gasteiger partial charge in [-0.25, -0.2) is 0 Å². The fraction of sp³-hybridized carbons (Fsp3) is 1.00. The Morgan fingerprint density at radius 2 is 1.83 bits per heavy atom. The van der Waals surface area contributed by atoms with E-state index in [1.807, 2.05) is 0 Å². The van der Waals surface area contributed by atoms with Gasteiger partial charge in [0.15, 0.2) is 0 Å². The highest BCUT2D eigenvalue weighted by atomic mass is 15.1. The van der Waals surface area contributed by atoms with E-state index in [1.54, 1.807) is 0 Å². The van der Waals surface area contributed by atoms with Crippen LogP contribution in [0.4, 0.5) is 0 Å². The Hall–Kier alpha value is -0.0800. The van der Waals surface area contributed by atoms with E-state index < -0.39 is 0 Å². The van der Waals surface area contributed by atoms with Crippen LogP contribution in [0.25, 0.3) is 0 Å². The van der Waals surface area contributed by atoms with Gasteiger partial charge in [-0.3, -0.25) is 0 Å². The molecule has 0 spiro atoms. The highest BCUT2D eigenvalue weighted by molar-refractivity contribution is 4.71. The summed E-state index contributed by atoms with van der Waals surface area (Å²) in [4.78, 5) is 2.68. The van der Waals surface area contributed by atoms with Crippen LogP contribution in [0.2, 0.25) is 0 Å². The highest BCUT2D eigenvalue weighted by Gasteiger charge is 2.17. The van der Waals surface area contributed by atoms with Crippen molar-refractivity contribution in [1.82, 2.24) is 10.2 Å². The van der Waals surface area contributed by atoms with Crippen LogP contribution in [0.15, 0.2) is 0 Å². The minimum atomic E-state index is 0.641. The van der Waals surface area contributed by atoms with E-state index in [0.717, 1.165) is 5.92 Å². The summed E-state index contributed by atoms with van der Waals surface area (Å²) in [5.74, 6) is 1.03. The quantitative estimate of drug-likeness (QED) is 0.632. The fourth-order valence-electron chi connectivity index (χ4n) is 2.93. The molecule has 0 atom stereocenters. The van der Waals surface area contributed by atoms with Gasteiger partial charge in [0.1, 0.15) is 0 Å². The Balaban J connectivity index is 1.91. The number of nitrogens with zero attached hydrogens (tertiary/aromatic N) is 1. The Labute approximate surface area is 115 Å². The molecular weight excluding hydrogens is 220 g/mol. The van der Waals surface area contributed by atoms with E-state index in [9.17, 15) is 0 Å². The van der Waals surface area contributed by atoms with Gasteiger partial charge in [0, 0.05) is 6.04 Å². The number of piperidine rings is 1. The Morgan fingerprint density at radius 3 is 2.44 bits per heavy atom. The van der Waals surface area contributed by atoms with Gasteiger partial charge in [-0.1, -0.05) is 40.0 Å². The van der Waals surface area contributed by atoms with Crippen molar-refractivity contribution >= 4 is 0 Å². The molecule has 0 aromatic heterocycles. The van der Waals surface area contributed by atoms with E-state index in [2.05, 4.69) is 31.0 Å². The molecule has 0 radical (unpaired) electrons. The van der Waals surface area contributed by atoms with Crippen LogP contribution in [-0.2, 0) is 0 Å². The van der Waals surface area contributed by atoms with Crippen LogP contribution >= 0.6 is 0 Å². The van der Waals surface area contributed by atoms with E-state index in [0.29, 0.717) is 6.04 Å². The lowest BCUT2D eigenvalue weighted by molar-refractivity contribution is 0.175. The lowest BCUT2D eigenvalue weighted by Crippen LogP contribution is -2.34. The number of hydrogen-bond donors (Lipinski definition) is 1. The third-order valence-corrected chi connectivity index (χ3v) is 4.11. The second-order valence-corrected chi connectivity index (χ2v) is 6.24. The minimum absolute atomic E-state index is 0.641. The summed E-state index contributed by atoms with van der Waals surface area (Å²) in [6.07, 6.45) is 9.82. The molecule has 0 aromatic carbocycles. The molecule has 1 rings (SSSR count). The van der Waals surface area contributed by atoms with E-state index in [1.165, 1.54) is 71.1 Å². The van der Waals surface area contributed by atoms with Crippen molar-refractivity contribution in [3.63, 3.8) is 0 Å². The average Bonchev–Trinajstić information content (AvgIpc) is 2.35. The number of likely N-dealkylation sites (tertiary alicyclic amines) is 1. The monoisotopic (exact) mass is 254 g/mol. The Kier molecular flexibility index (Phi) is 8.70. The van der Waals surface area contributed by atoms with Crippen molar-refractivity contribution in [3.05, 3.63) is 0 Å². The summed E-state index contributed by atoms with van der Waals surface area (Å²) in [6.45, 7) is 12.0. The molecular formula is C16H34N2. The molecule has 108 valence electrons. The zero-order valence-electron chi connectivity index (χ0n) is 12.9. The van der Waals surface area contributed by atoms with Gasteiger partial charge in [0.25, 0.3) is 0 Å². The van der Waals surface area contributed by atoms with E-state index >= 15 is 0 Å². The molecule has 1 saturated heterocycles. The topological polar surface area (TPSA) is 15.3 Å². The molecule has 18 heavy (non-hydrogen) atoms.